The highest BCUT2D eigenvalue weighted by molar-refractivity contribution is 5.82. The van der Waals surface area contributed by atoms with Crippen LogP contribution in [-0.2, 0) is 0 Å². The van der Waals surface area contributed by atoms with E-state index < -0.39 is 0 Å². The number of para-hydroxylation sites is 1. The van der Waals surface area contributed by atoms with E-state index in [1.54, 1.807) is 24.4 Å². The first-order valence-corrected chi connectivity index (χ1v) is 4.73. The van der Waals surface area contributed by atoms with Crippen LogP contribution in [0.1, 0.15) is 5.56 Å². The fourth-order valence-corrected chi connectivity index (χ4v) is 1.27. The number of phenols is 1. The molecule has 2 aromatic carbocycles. The highest BCUT2D eigenvalue weighted by atomic mass is 16.3. The van der Waals surface area contributed by atoms with Crippen molar-refractivity contribution in [3.8, 4) is 5.75 Å². The second-order valence-electron chi connectivity index (χ2n) is 3.19. The Labute approximate surface area is 88.5 Å². The molecule has 0 radical (unpaired) electrons. The van der Waals surface area contributed by atoms with E-state index in [1.165, 1.54) is 0 Å². The SMILES string of the molecule is Oc1cccc(/C=N/c2ccccc2)c1. The van der Waals surface area contributed by atoms with Crippen LogP contribution >= 0.6 is 0 Å². The molecule has 0 aliphatic heterocycles. The van der Waals surface area contributed by atoms with E-state index in [0.29, 0.717) is 0 Å². The maximum atomic E-state index is 9.25. The van der Waals surface area contributed by atoms with Gasteiger partial charge in [-0.25, -0.2) is 0 Å². The summed E-state index contributed by atoms with van der Waals surface area (Å²) in [5, 5.41) is 9.25. The third kappa shape index (κ3) is 2.68. The molecule has 2 heteroatoms. The molecular formula is C13H11NO. The number of aliphatic imine (C=N–C) groups is 1. The average molecular weight is 197 g/mol. The van der Waals surface area contributed by atoms with E-state index >= 15 is 0 Å². The normalized spacial score (nSPS) is 10.7. The van der Waals surface area contributed by atoms with Gasteiger partial charge in [-0.3, -0.25) is 4.99 Å². The molecule has 2 aromatic rings. The fourth-order valence-electron chi connectivity index (χ4n) is 1.27. The zero-order valence-electron chi connectivity index (χ0n) is 8.17. The second-order valence-corrected chi connectivity index (χ2v) is 3.19. The first-order valence-electron chi connectivity index (χ1n) is 4.73. The van der Waals surface area contributed by atoms with E-state index in [-0.39, 0.29) is 5.75 Å². The first kappa shape index (κ1) is 9.46. The van der Waals surface area contributed by atoms with Crippen molar-refractivity contribution in [2.75, 3.05) is 0 Å². The van der Waals surface area contributed by atoms with Gasteiger partial charge >= 0.3 is 0 Å². The van der Waals surface area contributed by atoms with Gasteiger partial charge < -0.3 is 5.11 Å². The molecule has 0 aromatic heterocycles. The standard InChI is InChI=1S/C13H11NO/c15-13-8-4-5-11(9-13)10-14-12-6-2-1-3-7-12/h1-10,15H/b14-10+. The molecule has 0 aliphatic rings. The maximum Gasteiger partial charge on any atom is 0.116 e. The molecule has 0 amide bonds. The van der Waals surface area contributed by atoms with Gasteiger partial charge in [-0.1, -0.05) is 30.3 Å². The molecule has 2 rings (SSSR count). The molecule has 0 aliphatic carbocycles. The molecule has 0 atom stereocenters. The molecule has 0 fully saturated rings. The van der Waals surface area contributed by atoms with Crippen molar-refractivity contribution >= 4 is 11.9 Å². The summed E-state index contributed by atoms with van der Waals surface area (Å²) in [6.45, 7) is 0. The average Bonchev–Trinajstić information content (AvgIpc) is 2.28. The van der Waals surface area contributed by atoms with Crippen molar-refractivity contribution < 1.29 is 5.11 Å². The van der Waals surface area contributed by atoms with E-state index in [9.17, 15) is 5.11 Å². The molecule has 0 unspecified atom stereocenters. The van der Waals surface area contributed by atoms with E-state index in [4.69, 9.17) is 0 Å². The predicted octanol–water partition coefficient (Wildman–Crippen LogP) is 3.14. The minimum absolute atomic E-state index is 0.256. The van der Waals surface area contributed by atoms with Crippen LogP contribution in [0.25, 0.3) is 0 Å². The van der Waals surface area contributed by atoms with E-state index in [0.717, 1.165) is 11.3 Å². The number of hydrogen-bond donors (Lipinski definition) is 1. The highest BCUT2D eigenvalue weighted by Crippen LogP contribution is 2.12. The molecule has 1 N–H and O–H groups in total. The second kappa shape index (κ2) is 4.42. The minimum Gasteiger partial charge on any atom is -0.508 e. The first-order chi connectivity index (χ1) is 7.34. The summed E-state index contributed by atoms with van der Waals surface area (Å²) >= 11 is 0. The summed E-state index contributed by atoms with van der Waals surface area (Å²) in [6, 6.07) is 16.7. The molecule has 74 valence electrons. The Morgan fingerprint density at radius 3 is 2.47 bits per heavy atom. The van der Waals surface area contributed by atoms with Gasteiger partial charge in [0.15, 0.2) is 0 Å². The van der Waals surface area contributed by atoms with Gasteiger partial charge in [0.1, 0.15) is 5.75 Å². The Balaban J connectivity index is 2.19. The van der Waals surface area contributed by atoms with E-state index in [1.807, 2.05) is 36.4 Å². The van der Waals surface area contributed by atoms with Crippen molar-refractivity contribution in [2.24, 2.45) is 4.99 Å². The Kier molecular flexibility index (Phi) is 2.79. The van der Waals surface area contributed by atoms with Crippen LogP contribution in [0.4, 0.5) is 5.69 Å². The van der Waals surface area contributed by atoms with Crippen molar-refractivity contribution in [2.45, 2.75) is 0 Å². The minimum atomic E-state index is 0.256. The summed E-state index contributed by atoms with van der Waals surface area (Å²) in [5.41, 5.74) is 1.79. The largest absolute Gasteiger partial charge is 0.508 e. The van der Waals surface area contributed by atoms with Crippen LogP contribution < -0.4 is 0 Å². The van der Waals surface area contributed by atoms with Gasteiger partial charge in [0.2, 0.25) is 0 Å². The molecule has 15 heavy (non-hydrogen) atoms. The predicted molar refractivity (Wildman–Crippen MR) is 61.8 cm³/mol. The number of hydrogen-bond acceptors (Lipinski definition) is 2. The lowest BCUT2D eigenvalue weighted by molar-refractivity contribution is 0.475. The summed E-state index contributed by atoms with van der Waals surface area (Å²) in [5.74, 6) is 0.256. The summed E-state index contributed by atoms with van der Waals surface area (Å²) in [4.78, 5) is 4.28. The van der Waals surface area contributed by atoms with Crippen LogP contribution in [0.5, 0.6) is 5.75 Å². The lowest BCUT2D eigenvalue weighted by atomic mass is 10.2. The smallest absolute Gasteiger partial charge is 0.116 e. The highest BCUT2D eigenvalue weighted by Gasteiger charge is 1.90. The zero-order valence-corrected chi connectivity index (χ0v) is 8.17. The number of rotatable bonds is 2. The van der Waals surface area contributed by atoms with Crippen LogP contribution in [0, 0.1) is 0 Å². The molecule has 0 saturated carbocycles. The van der Waals surface area contributed by atoms with Crippen molar-refractivity contribution in [3.63, 3.8) is 0 Å². The Hall–Kier alpha value is -2.09. The number of benzene rings is 2. The molecular weight excluding hydrogens is 186 g/mol. The fraction of sp³-hybridized carbons (Fsp3) is 0. The van der Waals surface area contributed by atoms with Gasteiger partial charge in [-0.05, 0) is 29.8 Å². The number of phenolic OH excluding ortho intramolecular Hbond substituents is 1. The maximum absolute atomic E-state index is 9.25. The topological polar surface area (TPSA) is 32.6 Å². The van der Waals surface area contributed by atoms with Gasteiger partial charge in [0, 0.05) is 6.21 Å². The monoisotopic (exact) mass is 197 g/mol. The lowest BCUT2D eigenvalue weighted by Gasteiger charge is -1.94. The number of aromatic hydroxyl groups is 1. The quantitative estimate of drug-likeness (QED) is 0.737. The Morgan fingerprint density at radius 2 is 1.73 bits per heavy atom. The molecule has 0 heterocycles. The molecule has 0 saturated heterocycles. The number of nitrogens with zero attached hydrogens (tertiary/aromatic N) is 1. The van der Waals surface area contributed by atoms with Gasteiger partial charge in [-0.15, -0.1) is 0 Å². The van der Waals surface area contributed by atoms with Gasteiger partial charge in [0.25, 0.3) is 0 Å². The molecule has 0 bridgehead atoms. The zero-order chi connectivity index (χ0) is 10.5. The lowest BCUT2D eigenvalue weighted by Crippen LogP contribution is -1.78. The molecule has 0 spiro atoms. The van der Waals surface area contributed by atoms with Crippen LogP contribution in [0.3, 0.4) is 0 Å². The van der Waals surface area contributed by atoms with Crippen molar-refractivity contribution in [3.05, 3.63) is 60.2 Å². The van der Waals surface area contributed by atoms with Crippen molar-refractivity contribution in [1.29, 1.82) is 0 Å². The third-order valence-corrected chi connectivity index (χ3v) is 1.99. The van der Waals surface area contributed by atoms with Crippen molar-refractivity contribution in [1.82, 2.24) is 0 Å². The van der Waals surface area contributed by atoms with Gasteiger partial charge in [-0.2, -0.15) is 0 Å². The van der Waals surface area contributed by atoms with Crippen LogP contribution in [-0.4, -0.2) is 11.3 Å². The summed E-state index contributed by atoms with van der Waals surface area (Å²) in [7, 11) is 0. The summed E-state index contributed by atoms with van der Waals surface area (Å²) < 4.78 is 0. The Bertz CT molecular complexity index is 463. The summed E-state index contributed by atoms with van der Waals surface area (Å²) in [6.07, 6.45) is 1.73. The van der Waals surface area contributed by atoms with Crippen LogP contribution in [0.15, 0.2) is 59.6 Å². The van der Waals surface area contributed by atoms with Gasteiger partial charge in [0.05, 0.1) is 5.69 Å². The third-order valence-electron chi connectivity index (χ3n) is 1.99. The van der Waals surface area contributed by atoms with Crippen LogP contribution in [0.2, 0.25) is 0 Å². The Morgan fingerprint density at radius 1 is 0.933 bits per heavy atom. The van der Waals surface area contributed by atoms with E-state index in [2.05, 4.69) is 4.99 Å². The molecule has 2 nitrogen and oxygen atoms in total.